The summed E-state index contributed by atoms with van der Waals surface area (Å²) < 4.78 is 5.20. The van der Waals surface area contributed by atoms with Crippen molar-refractivity contribution in [3.63, 3.8) is 0 Å². The summed E-state index contributed by atoms with van der Waals surface area (Å²) in [6.07, 6.45) is 4.34. The molecule has 1 aromatic heterocycles. The van der Waals surface area contributed by atoms with Gasteiger partial charge in [-0.1, -0.05) is 23.9 Å². The minimum Gasteiger partial charge on any atom is -0.497 e. The summed E-state index contributed by atoms with van der Waals surface area (Å²) in [6.45, 7) is 0. The van der Waals surface area contributed by atoms with Crippen molar-refractivity contribution in [1.82, 2.24) is 0 Å². The van der Waals surface area contributed by atoms with E-state index in [1.54, 1.807) is 18.4 Å². The number of carbonyl (C=O) groups excluding carboxylic acids is 1. The zero-order valence-electron chi connectivity index (χ0n) is 15.1. The molecule has 1 spiro atoms. The second-order valence-corrected chi connectivity index (χ2v) is 8.52. The second-order valence-electron chi connectivity index (χ2n) is 6.61. The van der Waals surface area contributed by atoms with Crippen LogP contribution in [0.3, 0.4) is 0 Å². The van der Waals surface area contributed by atoms with Gasteiger partial charge in [0.2, 0.25) is 5.91 Å². The lowest BCUT2D eigenvalue weighted by Gasteiger charge is -2.14. The Labute approximate surface area is 167 Å². The molecule has 0 saturated heterocycles. The van der Waals surface area contributed by atoms with Crippen molar-refractivity contribution in [2.45, 2.75) is 31.3 Å². The van der Waals surface area contributed by atoms with Crippen LogP contribution in [0, 0.1) is 0 Å². The van der Waals surface area contributed by atoms with Crippen LogP contribution in [0.2, 0.25) is 0 Å². The maximum absolute atomic E-state index is 12.4. The van der Waals surface area contributed by atoms with Gasteiger partial charge in [0.25, 0.3) is 0 Å². The average molecular weight is 400 g/mol. The lowest BCUT2D eigenvalue weighted by molar-refractivity contribution is -0.113. The number of ether oxygens (including phenoxy) is 1. The molecule has 140 valence electrons. The zero-order valence-corrected chi connectivity index (χ0v) is 16.7. The van der Waals surface area contributed by atoms with Gasteiger partial charge in [0, 0.05) is 11.8 Å². The molecule has 0 unspecified atom stereocenters. The number of rotatable bonds is 5. The number of hydrogen-bond donors (Lipinski definition) is 1. The van der Waals surface area contributed by atoms with Crippen LogP contribution in [-0.4, -0.2) is 35.2 Å². The average Bonchev–Trinajstić information content (AvgIpc) is 3.42. The molecule has 4 rings (SSSR count). The molecule has 1 fully saturated rings. The normalized spacial score (nSPS) is 17.7. The topological polar surface area (TPSA) is 63.0 Å². The standard InChI is InChI=1S/C20H21N3O2S2/c1-25-15-7-4-6-14(12-15)21-17(24)13-27-19-18(16-8-5-11-26-16)22-20(23-19)9-2-3-10-20/h4-8,11-12H,2-3,9-10,13H2,1H3,(H,21,24). The molecule has 1 aromatic carbocycles. The smallest absolute Gasteiger partial charge is 0.234 e. The molecular formula is C20H21N3O2S2. The maximum atomic E-state index is 12.4. The monoisotopic (exact) mass is 399 g/mol. The Balaban J connectivity index is 1.44. The van der Waals surface area contributed by atoms with Crippen molar-refractivity contribution >= 4 is 45.4 Å². The number of anilines is 1. The Kier molecular flexibility index (Phi) is 5.31. The Morgan fingerprint density at radius 1 is 1.26 bits per heavy atom. The number of nitrogens with zero attached hydrogens (tertiary/aromatic N) is 2. The zero-order chi connectivity index (χ0) is 18.7. The summed E-state index contributed by atoms with van der Waals surface area (Å²) in [7, 11) is 1.61. The van der Waals surface area contributed by atoms with Gasteiger partial charge in [0.15, 0.2) is 5.66 Å². The van der Waals surface area contributed by atoms with Gasteiger partial charge >= 0.3 is 0 Å². The molecule has 2 heterocycles. The highest BCUT2D eigenvalue weighted by Crippen LogP contribution is 2.40. The number of carbonyl (C=O) groups is 1. The van der Waals surface area contributed by atoms with E-state index >= 15 is 0 Å². The number of nitrogens with one attached hydrogen (secondary N) is 1. The number of methoxy groups -OCH3 is 1. The van der Waals surface area contributed by atoms with Gasteiger partial charge in [-0.05, 0) is 49.3 Å². The Morgan fingerprint density at radius 2 is 2.11 bits per heavy atom. The summed E-state index contributed by atoms with van der Waals surface area (Å²) in [4.78, 5) is 23.5. The van der Waals surface area contributed by atoms with E-state index in [2.05, 4.69) is 16.8 Å². The van der Waals surface area contributed by atoms with E-state index in [0.717, 1.165) is 39.9 Å². The first-order valence-corrected chi connectivity index (χ1v) is 10.8. The number of aliphatic imine (C=N–C) groups is 2. The molecule has 5 nitrogen and oxygen atoms in total. The van der Waals surface area contributed by atoms with Crippen LogP contribution in [0.15, 0.2) is 51.8 Å². The number of benzene rings is 1. The lowest BCUT2D eigenvalue weighted by Crippen LogP contribution is -2.17. The van der Waals surface area contributed by atoms with Gasteiger partial charge in [-0.25, -0.2) is 4.99 Å². The van der Waals surface area contributed by atoms with Crippen LogP contribution < -0.4 is 10.1 Å². The SMILES string of the molecule is COc1cccc(NC(=O)CSC2=NC3(CCCC3)N=C2c2cccs2)c1. The number of amides is 1. The van der Waals surface area contributed by atoms with Crippen molar-refractivity contribution in [2.75, 3.05) is 18.2 Å². The summed E-state index contributed by atoms with van der Waals surface area (Å²) >= 11 is 3.14. The van der Waals surface area contributed by atoms with Gasteiger partial charge < -0.3 is 10.1 Å². The first-order valence-electron chi connectivity index (χ1n) is 8.98. The number of thiophene rings is 1. The van der Waals surface area contributed by atoms with Gasteiger partial charge in [0.1, 0.15) is 16.5 Å². The van der Waals surface area contributed by atoms with Crippen molar-refractivity contribution in [3.05, 3.63) is 46.7 Å². The molecular weight excluding hydrogens is 378 g/mol. The lowest BCUT2D eigenvalue weighted by atomic mass is 10.1. The molecule has 0 atom stereocenters. The largest absolute Gasteiger partial charge is 0.497 e. The van der Waals surface area contributed by atoms with Crippen molar-refractivity contribution in [3.8, 4) is 5.75 Å². The van der Waals surface area contributed by atoms with Crippen LogP contribution in [0.5, 0.6) is 5.75 Å². The molecule has 0 bridgehead atoms. The maximum Gasteiger partial charge on any atom is 0.234 e. The van der Waals surface area contributed by atoms with E-state index < -0.39 is 0 Å². The minimum absolute atomic E-state index is 0.0612. The van der Waals surface area contributed by atoms with Gasteiger partial charge in [0.05, 0.1) is 17.7 Å². The molecule has 7 heteroatoms. The third kappa shape index (κ3) is 4.09. The molecule has 2 aliphatic rings. The molecule has 1 N–H and O–H groups in total. The summed E-state index contributed by atoms with van der Waals surface area (Å²) in [5, 5.41) is 5.86. The molecule has 1 aliphatic carbocycles. The Bertz CT molecular complexity index is 884. The van der Waals surface area contributed by atoms with E-state index in [0.29, 0.717) is 5.75 Å². The highest BCUT2D eigenvalue weighted by Gasteiger charge is 2.39. The molecule has 2 aromatic rings. The van der Waals surface area contributed by atoms with E-state index in [4.69, 9.17) is 14.7 Å². The summed E-state index contributed by atoms with van der Waals surface area (Å²) in [5.41, 5.74) is 1.39. The molecule has 1 aliphatic heterocycles. The van der Waals surface area contributed by atoms with E-state index in [1.165, 1.54) is 24.6 Å². The highest BCUT2D eigenvalue weighted by molar-refractivity contribution is 8.16. The van der Waals surface area contributed by atoms with Gasteiger partial charge in [-0.2, -0.15) is 0 Å². The van der Waals surface area contributed by atoms with Crippen LogP contribution in [0.1, 0.15) is 30.6 Å². The summed E-state index contributed by atoms with van der Waals surface area (Å²) in [5.74, 6) is 0.959. The summed E-state index contributed by atoms with van der Waals surface area (Å²) in [6, 6.07) is 11.5. The van der Waals surface area contributed by atoms with E-state index in [9.17, 15) is 4.79 Å². The minimum atomic E-state index is -0.287. The molecule has 1 saturated carbocycles. The Morgan fingerprint density at radius 3 is 2.85 bits per heavy atom. The first kappa shape index (κ1) is 18.3. The van der Waals surface area contributed by atoms with Gasteiger partial charge in [-0.15, -0.1) is 11.3 Å². The van der Waals surface area contributed by atoms with Gasteiger partial charge in [-0.3, -0.25) is 9.79 Å². The molecule has 1 amide bonds. The van der Waals surface area contributed by atoms with Crippen LogP contribution in [0.25, 0.3) is 0 Å². The van der Waals surface area contributed by atoms with Crippen molar-refractivity contribution < 1.29 is 9.53 Å². The predicted molar refractivity (Wildman–Crippen MR) is 114 cm³/mol. The highest BCUT2D eigenvalue weighted by atomic mass is 32.2. The van der Waals surface area contributed by atoms with Crippen molar-refractivity contribution in [2.24, 2.45) is 9.98 Å². The molecule has 27 heavy (non-hydrogen) atoms. The third-order valence-corrected chi connectivity index (χ3v) is 6.53. The first-order chi connectivity index (χ1) is 13.2. The third-order valence-electron chi connectivity index (χ3n) is 4.68. The number of thioether (sulfide) groups is 1. The van der Waals surface area contributed by atoms with Crippen LogP contribution in [0.4, 0.5) is 5.69 Å². The predicted octanol–water partition coefficient (Wildman–Crippen LogP) is 4.60. The van der Waals surface area contributed by atoms with Crippen molar-refractivity contribution in [1.29, 1.82) is 0 Å². The fraction of sp³-hybridized carbons (Fsp3) is 0.350. The van der Waals surface area contributed by atoms with E-state index in [1.807, 2.05) is 30.3 Å². The Hall–Kier alpha value is -2.12. The fourth-order valence-corrected chi connectivity index (χ4v) is 5.04. The quantitative estimate of drug-likeness (QED) is 0.799. The molecule has 0 radical (unpaired) electrons. The van der Waals surface area contributed by atoms with Crippen LogP contribution >= 0.6 is 23.1 Å². The van der Waals surface area contributed by atoms with E-state index in [-0.39, 0.29) is 11.6 Å². The second kappa shape index (κ2) is 7.86. The fourth-order valence-electron chi connectivity index (χ4n) is 3.39. The van der Waals surface area contributed by atoms with Crippen LogP contribution in [-0.2, 0) is 4.79 Å². The number of hydrogen-bond acceptors (Lipinski definition) is 6.